The van der Waals surface area contributed by atoms with Crippen LogP contribution in [0.25, 0.3) is 21.5 Å². The Morgan fingerprint density at radius 2 is 1.07 bits per heavy atom. The molecule has 1 saturated heterocycles. The summed E-state index contributed by atoms with van der Waals surface area (Å²) in [6.45, 7) is 7.84. The molecule has 1 unspecified atom stereocenters. The highest BCUT2D eigenvalue weighted by atomic mass is 32.2. The number of imide groups is 1. The van der Waals surface area contributed by atoms with Crippen molar-refractivity contribution >= 4 is 107 Å². The lowest BCUT2D eigenvalue weighted by Crippen LogP contribution is -2.32. The molecule has 0 radical (unpaired) electrons. The van der Waals surface area contributed by atoms with E-state index in [1.165, 1.54) is 25.3 Å². The summed E-state index contributed by atoms with van der Waals surface area (Å²) in [4.78, 5) is 37.6. The third kappa shape index (κ3) is 18.2. The van der Waals surface area contributed by atoms with Crippen molar-refractivity contribution in [2.75, 3.05) is 117 Å². The molecule has 34 heteroatoms. The van der Waals surface area contributed by atoms with Gasteiger partial charge in [-0.05, 0) is 97.8 Å². The van der Waals surface area contributed by atoms with Crippen molar-refractivity contribution in [3.05, 3.63) is 95.7 Å². The van der Waals surface area contributed by atoms with Crippen molar-refractivity contribution in [1.82, 2.24) is 5.06 Å². The van der Waals surface area contributed by atoms with E-state index in [0.29, 0.717) is 45.5 Å². The average molecular weight is 1370 g/mol. The third-order valence-electron chi connectivity index (χ3n) is 15.0. The second-order valence-corrected chi connectivity index (χ2v) is 28.5. The maximum atomic E-state index is 12.6. The Balaban J connectivity index is 1.04. The number of hydrogen-bond acceptors (Lipinski definition) is 27. The molecule has 0 aromatic heterocycles. The van der Waals surface area contributed by atoms with Crippen LogP contribution in [0.2, 0.25) is 0 Å². The van der Waals surface area contributed by atoms with Gasteiger partial charge < -0.3 is 65.7 Å². The highest BCUT2D eigenvalue weighted by Gasteiger charge is 2.47. The van der Waals surface area contributed by atoms with E-state index in [1.807, 2.05) is 4.58 Å². The van der Waals surface area contributed by atoms with Crippen LogP contribution in [-0.4, -0.2) is 210 Å². The molecule has 1 fully saturated rings. The normalized spacial score (nSPS) is 17.7. The first-order chi connectivity index (χ1) is 42.7. The highest BCUT2D eigenvalue weighted by Crippen LogP contribution is 2.54. The number of amides is 2. The fourth-order valence-electron chi connectivity index (χ4n) is 11.0. The number of fused-ring (bicyclic) bond motifs is 6. The molecular formula is C57H67N3O26S5-4. The van der Waals surface area contributed by atoms with E-state index in [-0.39, 0.29) is 158 Å². The zero-order valence-electron chi connectivity index (χ0n) is 49.9. The van der Waals surface area contributed by atoms with Gasteiger partial charge in [0.1, 0.15) is 47.1 Å². The van der Waals surface area contributed by atoms with E-state index in [0.717, 1.165) is 12.1 Å². The number of hydrogen-bond donors (Lipinski definition) is 0. The minimum Gasteiger partial charge on any atom is -0.748 e. The van der Waals surface area contributed by atoms with Crippen LogP contribution >= 0.6 is 0 Å². The van der Waals surface area contributed by atoms with Gasteiger partial charge in [-0.2, -0.15) is 4.58 Å². The summed E-state index contributed by atoms with van der Waals surface area (Å²) in [5.74, 6) is -2.72. The van der Waals surface area contributed by atoms with E-state index >= 15 is 0 Å². The lowest BCUT2D eigenvalue weighted by Gasteiger charge is -2.31. The predicted octanol–water partition coefficient (Wildman–Crippen LogP) is 2.83. The van der Waals surface area contributed by atoms with E-state index in [2.05, 4.69) is 0 Å². The molecule has 1 atom stereocenters. The molecule has 0 spiro atoms. The van der Waals surface area contributed by atoms with Gasteiger partial charge in [0, 0.05) is 72.1 Å². The summed E-state index contributed by atoms with van der Waals surface area (Å²) >= 11 is 0. The molecule has 3 heterocycles. The summed E-state index contributed by atoms with van der Waals surface area (Å²) in [5, 5.41) is 0.0104. The van der Waals surface area contributed by atoms with Crippen LogP contribution in [-0.2, 0) is 114 Å². The largest absolute Gasteiger partial charge is 0.748 e. The third-order valence-corrected chi connectivity index (χ3v) is 19.2. The Morgan fingerprint density at radius 3 is 1.55 bits per heavy atom. The van der Waals surface area contributed by atoms with Crippen molar-refractivity contribution in [3.63, 3.8) is 0 Å². The molecule has 4 aromatic rings. The quantitative estimate of drug-likeness (QED) is 0.0208. The second-order valence-electron chi connectivity index (χ2n) is 21.5. The fourth-order valence-corrected chi connectivity index (χ4v) is 14.2. The number of anilines is 1. The van der Waals surface area contributed by atoms with Crippen LogP contribution in [0.15, 0.2) is 104 Å². The predicted molar refractivity (Wildman–Crippen MR) is 316 cm³/mol. The van der Waals surface area contributed by atoms with Gasteiger partial charge in [-0.3, -0.25) is 9.59 Å². The topological polar surface area (TPSA) is 421 Å². The van der Waals surface area contributed by atoms with E-state index < -0.39 is 105 Å². The van der Waals surface area contributed by atoms with Gasteiger partial charge in [0.2, 0.25) is 5.69 Å². The lowest BCUT2D eigenvalue weighted by molar-refractivity contribution is -0.442. The van der Waals surface area contributed by atoms with Gasteiger partial charge in [-0.1, -0.05) is 24.3 Å². The minimum atomic E-state index is -5.41. The van der Waals surface area contributed by atoms with Crippen LogP contribution in [0.3, 0.4) is 0 Å². The van der Waals surface area contributed by atoms with Gasteiger partial charge >= 0.3 is 5.97 Å². The van der Waals surface area contributed by atoms with Crippen LogP contribution < -0.4 is 4.90 Å². The SMILES string of the molecule is COCCN1C(=CC=CC=CC2=[N+](CCOCCOCCOCCOCCOCCOCCC(=O)ON3C(=O)CCC3=O)c3ccc4c(S(=O)(=O)[O-])cc(S(=O)(=O)[O-])cc4c3C2(C)C)C(C)(CCCS(=O)(=O)[O-])c2c1ccc1c(S(=O)(=O)[O-])cc(S(=O)(=O)[O-])cc21. The lowest BCUT2D eigenvalue weighted by atomic mass is 9.75. The number of rotatable bonds is 36. The van der Waals surface area contributed by atoms with Crippen molar-refractivity contribution in [2.24, 2.45) is 0 Å². The van der Waals surface area contributed by atoms with Crippen molar-refractivity contribution < 1.29 is 122 Å². The van der Waals surface area contributed by atoms with Crippen LogP contribution in [0.1, 0.15) is 64.0 Å². The van der Waals surface area contributed by atoms with E-state index in [4.69, 9.17) is 38.0 Å². The second kappa shape index (κ2) is 30.4. The first-order valence-corrected chi connectivity index (χ1v) is 35.4. The minimum absolute atomic E-state index is 0.00106. The first kappa shape index (κ1) is 72.4. The fraction of sp³-hybridized carbons (Fsp3) is 0.474. The van der Waals surface area contributed by atoms with Crippen molar-refractivity contribution in [1.29, 1.82) is 0 Å². The zero-order valence-corrected chi connectivity index (χ0v) is 53.9. The summed E-state index contributed by atoms with van der Waals surface area (Å²) in [6, 6.07) is 8.64. The Labute approximate surface area is 526 Å². The Hall–Kier alpha value is -6.03. The Bertz CT molecular complexity index is 4110. The average Bonchev–Trinajstić information content (AvgIpc) is 1.65. The molecule has 29 nitrogen and oxygen atoms in total. The maximum Gasteiger partial charge on any atom is 0.335 e. The smallest absolute Gasteiger partial charge is 0.335 e. The van der Waals surface area contributed by atoms with E-state index in [1.54, 1.807) is 62.1 Å². The summed E-state index contributed by atoms with van der Waals surface area (Å²) in [7, 11) is -24.8. The van der Waals surface area contributed by atoms with Gasteiger partial charge in [0.25, 0.3) is 11.8 Å². The molecule has 0 N–H and O–H groups in total. The molecule has 0 aliphatic carbocycles. The monoisotopic (exact) mass is 1370 g/mol. The van der Waals surface area contributed by atoms with Gasteiger partial charge in [-0.15, -0.1) is 5.06 Å². The number of benzene rings is 4. The molecule has 500 valence electrons. The summed E-state index contributed by atoms with van der Waals surface area (Å²) in [6.07, 6.45) is 7.64. The summed E-state index contributed by atoms with van der Waals surface area (Å²) < 4.78 is 227. The molecule has 3 aliphatic heterocycles. The first-order valence-electron chi connectivity index (χ1n) is 28.2. The Kier molecular flexibility index (Phi) is 24.2. The van der Waals surface area contributed by atoms with Gasteiger partial charge in [0.05, 0.1) is 121 Å². The number of carbonyl (C=O) groups is 3. The number of methoxy groups -OCH3 is 1. The summed E-state index contributed by atoms with van der Waals surface area (Å²) in [5.41, 5.74) is -0.160. The van der Waals surface area contributed by atoms with Crippen LogP contribution in [0.5, 0.6) is 0 Å². The van der Waals surface area contributed by atoms with Crippen molar-refractivity contribution in [3.8, 4) is 0 Å². The number of ether oxygens (including phenoxy) is 7. The van der Waals surface area contributed by atoms with Crippen LogP contribution in [0.4, 0.5) is 11.4 Å². The zero-order chi connectivity index (χ0) is 66.7. The molecule has 0 bridgehead atoms. The molecule has 3 aliphatic rings. The number of hydroxylamine groups is 2. The van der Waals surface area contributed by atoms with Gasteiger partial charge in [-0.25, -0.2) is 46.9 Å². The number of allylic oxidation sites excluding steroid dienone is 6. The molecule has 0 saturated carbocycles. The van der Waals surface area contributed by atoms with E-state index in [9.17, 15) is 79.2 Å². The molecule has 2 amide bonds. The highest BCUT2D eigenvalue weighted by molar-refractivity contribution is 7.87. The molecule has 4 aromatic carbocycles. The molecule has 7 rings (SSSR count). The van der Waals surface area contributed by atoms with Crippen LogP contribution in [0, 0.1) is 0 Å². The molecular weight excluding hydrogens is 1300 g/mol. The Morgan fingerprint density at radius 1 is 0.582 bits per heavy atom. The van der Waals surface area contributed by atoms with Crippen molar-refractivity contribution in [2.45, 2.75) is 83.3 Å². The number of nitrogens with zero attached hydrogens (tertiary/aromatic N) is 3. The molecule has 91 heavy (non-hydrogen) atoms. The number of carbonyl (C=O) groups excluding carboxylic acids is 3. The van der Waals surface area contributed by atoms with Gasteiger partial charge in [0.15, 0.2) is 12.3 Å². The standard InChI is InChI=1S/C57H71N3O26S5/c1-56(2)49(9-6-5-7-10-50-57(3,18-8-34-87(64,65)66)55-44-36-40(89(70,71)72)38-48(91(76,77)78)42(44)12-14-46(55)59(50)19-22-79-4)58(45-13-11-41-43(54(45)56)35-39(88(67,68)69)37-47(41)90(73,74)75)20-23-81-25-27-83-29-31-85-33-32-84-30-28-82-26-24-80-21-17-53(63)86-60-51(61)15-16-52(60)62/h5-7,9-14,35-38H,8,15-34H2,1-4H3,(H4-,64,65,66,67,68,69,70,71,72,73,74,75,76,77,78)/p-4. The maximum absolute atomic E-state index is 12.6.